The number of aliphatic hydroxyl groups is 1. The van der Waals surface area contributed by atoms with Crippen molar-refractivity contribution in [3.8, 4) is 0 Å². The number of likely N-dealkylation sites (tertiary alicyclic amines) is 2. The minimum Gasteiger partial charge on any atom is -0.478 e. The van der Waals surface area contributed by atoms with E-state index in [-0.39, 0.29) is 29.9 Å². The summed E-state index contributed by atoms with van der Waals surface area (Å²) < 4.78 is 0. The van der Waals surface area contributed by atoms with Crippen LogP contribution in [0, 0.1) is 0 Å². The van der Waals surface area contributed by atoms with E-state index in [4.69, 9.17) is 10.2 Å². The zero-order valence-electron chi connectivity index (χ0n) is 26.3. The van der Waals surface area contributed by atoms with Crippen molar-refractivity contribution in [3.63, 3.8) is 0 Å². The first-order valence-electron chi connectivity index (χ1n) is 16.5. The number of hydrogen-bond donors (Lipinski definition) is 2. The van der Waals surface area contributed by atoms with Crippen LogP contribution in [0.1, 0.15) is 130 Å². The highest BCUT2D eigenvalue weighted by molar-refractivity contribution is 5.88. The molecule has 0 aromatic heterocycles. The standard InChI is InChI=1S/C18H25NO3.C18H27NO2/c1-2-3-7-16(17(20)19-12-5-4-6-13-19)14-8-10-15(11-9-14)18(21)22;1-2-3-7-17(16-10-8-15(14-20)9-11-16)18(21)19-12-5-4-6-13-19/h8-11,16H,2-7,12-13H2,1H3,(H,21,22);8-11,17,20H,2-7,12-14H2,1H3. The maximum absolute atomic E-state index is 12.8. The topological polar surface area (TPSA) is 98.2 Å². The maximum atomic E-state index is 12.8. The first kappa shape index (κ1) is 34.3. The zero-order valence-corrected chi connectivity index (χ0v) is 26.3. The van der Waals surface area contributed by atoms with E-state index >= 15 is 0 Å². The Balaban J connectivity index is 0.000000236. The van der Waals surface area contributed by atoms with Crippen LogP contribution in [0.4, 0.5) is 0 Å². The lowest BCUT2D eigenvalue weighted by atomic mass is 9.91. The average Bonchev–Trinajstić information content (AvgIpc) is 3.06. The van der Waals surface area contributed by atoms with Gasteiger partial charge in [-0.2, -0.15) is 0 Å². The van der Waals surface area contributed by atoms with Crippen molar-refractivity contribution in [1.82, 2.24) is 9.80 Å². The Morgan fingerprint density at radius 1 is 0.651 bits per heavy atom. The van der Waals surface area contributed by atoms with Crippen LogP contribution < -0.4 is 0 Å². The van der Waals surface area contributed by atoms with Crippen LogP contribution in [0.2, 0.25) is 0 Å². The molecule has 7 heteroatoms. The van der Waals surface area contributed by atoms with Gasteiger partial charge >= 0.3 is 5.97 Å². The fraction of sp³-hybridized carbons (Fsp3) is 0.583. The van der Waals surface area contributed by atoms with E-state index in [0.717, 1.165) is 107 Å². The van der Waals surface area contributed by atoms with Gasteiger partial charge in [-0.05, 0) is 80.2 Å². The largest absolute Gasteiger partial charge is 0.478 e. The molecule has 0 radical (unpaired) electrons. The third-order valence-electron chi connectivity index (χ3n) is 8.75. The highest BCUT2D eigenvalue weighted by atomic mass is 16.4. The van der Waals surface area contributed by atoms with Gasteiger partial charge in [0.05, 0.1) is 24.0 Å². The minimum atomic E-state index is -0.931. The van der Waals surface area contributed by atoms with E-state index in [2.05, 4.69) is 13.8 Å². The number of carbonyl (C=O) groups is 3. The Labute approximate surface area is 258 Å². The number of carboxylic acid groups (broad SMARTS) is 1. The molecule has 2 N–H and O–H groups in total. The molecule has 0 bridgehead atoms. The minimum absolute atomic E-state index is 0.0178. The highest BCUT2D eigenvalue weighted by Crippen LogP contribution is 2.28. The molecule has 2 amide bonds. The summed E-state index contributed by atoms with van der Waals surface area (Å²) in [4.78, 5) is 40.7. The monoisotopic (exact) mass is 592 g/mol. The van der Waals surface area contributed by atoms with E-state index in [1.54, 1.807) is 24.3 Å². The summed E-state index contributed by atoms with van der Waals surface area (Å²) >= 11 is 0. The van der Waals surface area contributed by atoms with Gasteiger partial charge < -0.3 is 20.0 Å². The van der Waals surface area contributed by atoms with Gasteiger partial charge in [0.25, 0.3) is 0 Å². The second kappa shape index (κ2) is 18.5. The lowest BCUT2D eigenvalue weighted by Gasteiger charge is -2.30. The molecule has 2 aliphatic rings. The smallest absolute Gasteiger partial charge is 0.335 e. The Hall–Kier alpha value is -3.19. The molecule has 2 aromatic rings. The molecule has 236 valence electrons. The van der Waals surface area contributed by atoms with Gasteiger partial charge in [-0.1, -0.05) is 75.9 Å². The fourth-order valence-corrected chi connectivity index (χ4v) is 6.06. The number of nitrogens with zero attached hydrogens (tertiary/aromatic N) is 2. The van der Waals surface area contributed by atoms with Crippen LogP contribution >= 0.6 is 0 Å². The molecule has 2 unspecified atom stereocenters. The molecule has 2 heterocycles. The summed E-state index contributed by atoms with van der Waals surface area (Å²) in [7, 11) is 0. The van der Waals surface area contributed by atoms with Crippen LogP contribution in [0.25, 0.3) is 0 Å². The van der Waals surface area contributed by atoms with Crippen LogP contribution in [0.15, 0.2) is 48.5 Å². The van der Waals surface area contributed by atoms with Crippen LogP contribution in [0.5, 0.6) is 0 Å². The molecule has 0 spiro atoms. The van der Waals surface area contributed by atoms with Gasteiger partial charge in [0.15, 0.2) is 0 Å². The average molecular weight is 593 g/mol. The first-order valence-corrected chi connectivity index (χ1v) is 16.5. The van der Waals surface area contributed by atoms with Gasteiger partial charge in [-0.15, -0.1) is 0 Å². The van der Waals surface area contributed by atoms with Gasteiger partial charge in [-0.25, -0.2) is 4.79 Å². The molecule has 43 heavy (non-hydrogen) atoms. The summed E-state index contributed by atoms with van der Waals surface area (Å²) in [6, 6.07) is 14.7. The van der Waals surface area contributed by atoms with Gasteiger partial charge in [0.2, 0.25) is 11.8 Å². The van der Waals surface area contributed by atoms with Crippen LogP contribution in [-0.2, 0) is 16.2 Å². The number of benzene rings is 2. The van der Waals surface area contributed by atoms with Gasteiger partial charge in [0.1, 0.15) is 0 Å². The van der Waals surface area contributed by atoms with Crippen molar-refractivity contribution in [2.75, 3.05) is 26.2 Å². The number of unbranched alkanes of at least 4 members (excludes halogenated alkanes) is 2. The number of piperidine rings is 2. The van der Waals surface area contributed by atoms with Crippen molar-refractivity contribution < 1.29 is 24.6 Å². The maximum Gasteiger partial charge on any atom is 0.335 e. The third-order valence-corrected chi connectivity index (χ3v) is 8.75. The molecule has 2 fully saturated rings. The third kappa shape index (κ3) is 10.5. The summed E-state index contributed by atoms with van der Waals surface area (Å²) in [6.45, 7) is 7.88. The normalized spacial score (nSPS) is 16.5. The Bertz CT molecular complexity index is 1120. The number of amides is 2. The number of aliphatic hydroxyl groups excluding tert-OH is 1. The Kier molecular flexibility index (Phi) is 14.7. The molecule has 2 atom stereocenters. The fourth-order valence-electron chi connectivity index (χ4n) is 6.06. The summed E-state index contributed by atoms with van der Waals surface area (Å²) in [5.74, 6) is -0.591. The van der Waals surface area contributed by atoms with Crippen LogP contribution in [-0.4, -0.2) is 64.0 Å². The second-order valence-electron chi connectivity index (χ2n) is 12.0. The molecule has 2 aliphatic heterocycles. The molecule has 7 nitrogen and oxygen atoms in total. The molecule has 2 saturated heterocycles. The van der Waals surface area contributed by atoms with E-state index in [0.29, 0.717) is 5.91 Å². The van der Waals surface area contributed by atoms with Crippen molar-refractivity contribution in [2.45, 2.75) is 109 Å². The van der Waals surface area contributed by atoms with E-state index in [1.165, 1.54) is 12.8 Å². The first-order chi connectivity index (χ1) is 20.9. The molecule has 0 aliphatic carbocycles. The number of carbonyl (C=O) groups excluding carboxylic acids is 2. The summed E-state index contributed by atoms with van der Waals surface area (Å²) in [6.07, 6.45) is 12.9. The summed E-state index contributed by atoms with van der Waals surface area (Å²) in [5.41, 5.74) is 3.20. The van der Waals surface area contributed by atoms with E-state index in [9.17, 15) is 14.4 Å². The quantitative estimate of drug-likeness (QED) is 0.273. The van der Waals surface area contributed by atoms with Crippen molar-refractivity contribution in [2.24, 2.45) is 0 Å². The predicted octanol–water partition coefficient (Wildman–Crippen LogP) is 7.14. The van der Waals surface area contributed by atoms with Crippen molar-refractivity contribution >= 4 is 17.8 Å². The Morgan fingerprint density at radius 3 is 1.40 bits per heavy atom. The molecule has 4 rings (SSSR count). The second-order valence-corrected chi connectivity index (χ2v) is 12.0. The number of carboxylic acids is 1. The lowest BCUT2D eigenvalue weighted by Crippen LogP contribution is -2.38. The van der Waals surface area contributed by atoms with Gasteiger partial charge in [-0.3, -0.25) is 9.59 Å². The van der Waals surface area contributed by atoms with E-state index in [1.807, 2.05) is 34.1 Å². The molecule has 0 saturated carbocycles. The number of hydrogen-bond acceptors (Lipinski definition) is 4. The SMILES string of the molecule is CCCCC(C(=O)N1CCCCC1)c1ccc(C(=O)O)cc1.CCCCC(C(=O)N1CCCCC1)c1ccc(CO)cc1. The van der Waals surface area contributed by atoms with Crippen molar-refractivity contribution in [1.29, 1.82) is 0 Å². The zero-order chi connectivity index (χ0) is 31.0. The van der Waals surface area contributed by atoms with Gasteiger partial charge in [0, 0.05) is 26.2 Å². The molecular weight excluding hydrogens is 540 g/mol. The summed E-state index contributed by atoms with van der Waals surface area (Å²) in [5, 5.41) is 18.1. The number of aromatic carboxylic acids is 1. The number of rotatable bonds is 12. The van der Waals surface area contributed by atoms with Crippen molar-refractivity contribution in [3.05, 3.63) is 70.8 Å². The predicted molar refractivity (Wildman–Crippen MR) is 171 cm³/mol. The lowest BCUT2D eigenvalue weighted by molar-refractivity contribution is -0.134. The molecule has 2 aromatic carbocycles. The van der Waals surface area contributed by atoms with E-state index < -0.39 is 5.97 Å². The Morgan fingerprint density at radius 2 is 1.05 bits per heavy atom. The van der Waals surface area contributed by atoms with Crippen LogP contribution in [0.3, 0.4) is 0 Å². The molecular formula is C36H52N2O5. The highest BCUT2D eigenvalue weighted by Gasteiger charge is 2.27.